The van der Waals surface area contributed by atoms with E-state index in [9.17, 15) is 9.59 Å². The number of fused-ring (bicyclic) bond motifs is 2. The monoisotopic (exact) mass is 397 g/mol. The Hall–Kier alpha value is -1.86. The van der Waals surface area contributed by atoms with Crippen LogP contribution in [0.2, 0.25) is 0 Å². The third-order valence-electron chi connectivity index (χ3n) is 7.86. The van der Waals surface area contributed by atoms with Crippen LogP contribution in [0.4, 0.5) is 0 Å². The number of epoxide rings is 1. The maximum Gasteiger partial charge on any atom is 0.632 e. The molecule has 5 fully saturated rings. The van der Waals surface area contributed by atoms with Crippen molar-refractivity contribution in [2.45, 2.75) is 51.8 Å². The summed E-state index contributed by atoms with van der Waals surface area (Å²) < 4.78 is 16.7. The highest BCUT2D eigenvalue weighted by atomic mass is 16.7. The van der Waals surface area contributed by atoms with Gasteiger partial charge < -0.3 is 14.0 Å². The highest BCUT2D eigenvalue weighted by molar-refractivity contribution is 6.51. The first-order valence-electron chi connectivity index (χ1n) is 10.7. The predicted octanol–water partition coefficient (Wildman–Crippen LogP) is 2.63. The Balaban J connectivity index is 1.25. The van der Waals surface area contributed by atoms with Crippen LogP contribution in [0.3, 0.4) is 0 Å². The van der Waals surface area contributed by atoms with Gasteiger partial charge in [-0.25, -0.2) is 0 Å². The fourth-order valence-electron chi connectivity index (χ4n) is 5.96. The standard InChI is InChI=1S/C22H28BNO5/c1-13-16-9-15(22(16,2)3)10-17(13)24-11-18(25)28-23(29-19(26)12-24)21-20(27-21)14-7-5-4-6-8-14/h4-8,13,15-17,20-21H,9-12H2,1-3H3/t13-,15?,16-,17?,20+,21?/m1/s1. The summed E-state index contributed by atoms with van der Waals surface area (Å²) in [4.78, 5) is 27.2. The van der Waals surface area contributed by atoms with E-state index in [4.69, 9.17) is 14.0 Å². The third kappa shape index (κ3) is 3.28. The Morgan fingerprint density at radius 3 is 2.28 bits per heavy atom. The molecule has 154 valence electrons. The minimum atomic E-state index is -0.974. The lowest BCUT2D eigenvalue weighted by Gasteiger charge is -2.63. The molecule has 0 amide bonds. The average Bonchev–Trinajstić information content (AvgIpc) is 3.47. The van der Waals surface area contributed by atoms with E-state index >= 15 is 0 Å². The van der Waals surface area contributed by atoms with Gasteiger partial charge in [0.15, 0.2) is 6.00 Å². The van der Waals surface area contributed by atoms with Gasteiger partial charge >= 0.3 is 19.1 Å². The van der Waals surface area contributed by atoms with E-state index in [-0.39, 0.29) is 37.2 Å². The van der Waals surface area contributed by atoms with E-state index in [1.54, 1.807) is 0 Å². The first-order chi connectivity index (χ1) is 13.8. The molecule has 2 bridgehead atoms. The van der Waals surface area contributed by atoms with Crippen LogP contribution in [-0.4, -0.2) is 49.1 Å². The molecule has 6 nitrogen and oxygen atoms in total. The lowest BCUT2D eigenvalue weighted by atomic mass is 9.44. The van der Waals surface area contributed by atoms with Gasteiger partial charge in [-0.15, -0.1) is 0 Å². The van der Waals surface area contributed by atoms with Crippen molar-refractivity contribution in [2.24, 2.45) is 23.2 Å². The second-order valence-corrected chi connectivity index (χ2v) is 9.71. The smallest absolute Gasteiger partial charge is 0.496 e. The van der Waals surface area contributed by atoms with Gasteiger partial charge in [-0.2, -0.15) is 0 Å². The van der Waals surface area contributed by atoms with E-state index < -0.39 is 13.1 Å². The molecule has 1 aromatic rings. The van der Waals surface area contributed by atoms with Crippen molar-refractivity contribution in [3.63, 3.8) is 0 Å². The zero-order valence-electron chi connectivity index (χ0n) is 17.2. The van der Waals surface area contributed by atoms with Crippen molar-refractivity contribution in [3.05, 3.63) is 35.9 Å². The zero-order valence-corrected chi connectivity index (χ0v) is 17.2. The number of carbonyl (C=O) groups excluding carboxylic acids is 2. The molecule has 29 heavy (non-hydrogen) atoms. The van der Waals surface area contributed by atoms with Crippen molar-refractivity contribution in [3.8, 4) is 0 Å². The van der Waals surface area contributed by atoms with E-state index in [2.05, 4.69) is 20.8 Å². The molecule has 2 heterocycles. The molecule has 3 saturated carbocycles. The topological polar surface area (TPSA) is 68.4 Å². The minimum Gasteiger partial charge on any atom is -0.496 e. The molecule has 3 aliphatic carbocycles. The summed E-state index contributed by atoms with van der Waals surface area (Å²) in [6, 6.07) is 9.49. The second-order valence-electron chi connectivity index (χ2n) is 9.71. The Labute approximate surface area is 172 Å². The first-order valence-corrected chi connectivity index (χ1v) is 10.7. The highest BCUT2D eigenvalue weighted by Gasteiger charge is 2.59. The molecule has 2 saturated heterocycles. The van der Waals surface area contributed by atoms with Crippen molar-refractivity contribution >= 4 is 19.1 Å². The second kappa shape index (κ2) is 6.84. The maximum atomic E-state index is 12.6. The third-order valence-corrected chi connectivity index (χ3v) is 7.86. The Morgan fingerprint density at radius 1 is 1.03 bits per heavy atom. The lowest BCUT2D eigenvalue weighted by molar-refractivity contribution is -0.160. The summed E-state index contributed by atoms with van der Waals surface area (Å²) in [5.41, 5.74) is 1.35. The Morgan fingerprint density at radius 2 is 1.69 bits per heavy atom. The van der Waals surface area contributed by atoms with Crippen LogP contribution >= 0.6 is 0 Å². The summed E-state index contributed by atoms with van der Waals surface area (Å²) in [6.07, 6.45) is 2.08. The van der Waals surface area contributed by atoms with Gasteiger partial charge in [-0.3, -0.25) is 14.5 Å². The van der Waals surface area contributed by atoms with Crippen LogP contribution in [-0.2, 0) is 23.6 Å². The molecule has 6 atom stereocenters. The minimum absolute atomic E-state index is 0.128. The molecule has 2 aliphatic heterocycles. The fraction of sp³-hybridized carbons (Fsp3) is 0.636. The molecular weight excluding hydrogens is 369 g/mol. The first kappa shape index (κ1) is 19.1. The van der Waals surface area contributed by atoms with Crippen LogP contribution in [0.5, 0.6) is 0 Å². The quantitative estimate of drug-likeness (QED) is 0.577. The van der Waals surface area contributed by atoms with Crippen LogP contribution in [0.1, 0.15) is 45.3 Å². The van der Waals surface area contributed by atoms with Gasteiger partial charge in [0.05, 0.1) is 13.1 Å². The largest absolute Gasteiger partial charge is 0.632 e. The van der Waals surface area contributed by atoms with Gasteiger partial charge in [-0.05, 0) is 41.6 Å². The molecule has 1 aromatic carbocycles. The summed E-state index contributed by atoms with van der Waals surface area (Å²) in [5, 5.41) is 0. The molecule has 0 spiro atoms. The van der Waals surface area contributed by atoms with Crippen molar-refractivity contribution in [1.82, 2.24) is 4.90 Å². The molecule has 0 radical (unpaired) electrons. The van der Waals surface area contributed by atoms with Gasteiger partial charge in [0.1, 0.15) is 6.10 Å². The maximum absolute atomic E-state index is 12.6. The van der Waals surface area contributed by atoms with Gasteiger partial charge in [-0.1, -0.05) is 51.1 Å². The molecule has 5 aliphatic rings. The van der Waals surface area contributed by atoms with E-state index in [1.807, 2.05) is 35.2 Å². The van der Waals surface area contributed by atoms with Crippen molar-refractivity contribution in [2.75, 3.05) is 13.1 Å². The van der Waals surface area contributed by atoms with Crippen molar-refractivity contribution in [1.29, 1.82) is 0 Å². The van der Waals surface area contributed by atoms with Gasteiger partial charge in [0.25, 0.3) is 0 Å². The zero-order chi connectivity index (χ0) is 20.3. The average molecular weight is 397 g/mol. The number of hydrogen-bond acceptors (Lipinski definition) is 6. The normalized spacial score (nSPS) is 38.9. The van der Waals surface area contributed by atoms with Crippen LogP contribution in [0.15, 0.2) is 30.3 Å². The van der Waals surface area contributed by atoms with Crippen LogP contribution in [0.25, 0.3) is 0 Å². The van der Waals surface area contributed by atoms with E-state index in [0.29, 0.717) is 23.2 Å². The summed E-state index contributed by atoms with van der Waals surface area (Å²) in [7, 11) is -0.974. The molecular formula is C22H28BNO5. The van der Waals surface area contributed by atoms with Crippen molar-refractivity contribution < 1.29 is 23.6 Å². The van der Waals surface area contributed by atoms with Crippen LogP contribution < -0.4 is 0 Å². The Bertz CT molecular complexity index is 795. The van der Waals surface area contributed by atoms with Gasteiger partial charge in [0, 0.05) is 6.04 Å². The highest BCUT2D eigenvalue weighted by Crippen LogP contribution is 2.62. The predicted molar refractivity (Wildman–Crippen MR) is 107 cm³/mol. The van der Waals surface area contributed by atoms with Gasteiger partial charge in [0.2, 0.25) is 0 Å². The molecule has 6 rings (SSSR count). The number of hydrogen-bond donors (Lipinski definition) is 0. The molecule has 0 aromatic heterocycles. The van der Waals surface area contributed by atoms with E-state index in [1.165, 1.54) is 6.42 Å². The molecule has 7 heteroatoms. The summed E-state index contributed by atoms with van der Waals surface area (Å²) in [5.74, 6) is 1.04. The number of nitrogens with zero attached hydrogens (tertiary/aromatic N) is 1. The lowest BCUT2D eigenvalue weighted by Crippen LogP contribution is -2.62. The molecule has 0 N–H and O–H groups in total. The van der Waals surface area contributed by atoms with Crippen LogP contribution in [0, 0.1) is 23.2 Å². The molecule has 3 unspecified atom stereocenters. The SMILES string of the molecule is C[C@H]1C(N2CC(=O)OB(C3O[C@H]3c3ccccc3)OC(=O)C2)CC2C[C@H]1C2(C)C. The Kier molecular flexibility index (Phi) is 4.51. The number of rotatable bonds is 3. The summed E-state index contributed by atoms with van der Waals surface area (Å²) >= 11 is 0. The van der Waals surface area contributed by atoms with E-state index in [0.717, 1.165) is 12.0 Å². The number of ether oxygens (including phenoxy) is 1. The summed E-state index contributed by atoms with van der Waals surface area (Å²) in [6.45, 7) is 7.20. The fourth-order valence-corrected chi connectivity index (χ4v) is 5.96. The number of carbonyl (C=O) groups is 2. The number of benzene rings is 1.